The highest BCUT2D eigenvalue weighted by atomic mass is 16.4. The van der Waals surface area contributed by atoms with Crippen LogP contribution in [0, 0.1) is 17.8 Å². The Labute approximate surface area is 122 Å². The number of aryl methyl sites for hydroxylation is 2. The highest BCUT2D eigenvalue weighted by Crippen LogP contribution is 2.51. The first-order valence-electron chi connectivity index (χ1n) is 7.64. The van der Waals surface area contributed by atoms with Crippen molar-refractivity contribution in [1.82, 2.24) is 14.7 Å². The molecule has 0 unspecified atom stereocenters. The second kappa shape index (κ2) is 4.32. The Morgan fingerprint density at radius 3 is 2.86 bits per heavy atom. The summed E-state index contributed by atoms with van der Waals surface area (Å²) >= 11 is 0. The predicted octanol–water partition coefficient (Wildman–Crippen LogP) is 0.701. The number of piperidine rings is 1. The van der Waals surface area contributed by atoms with E-state index in [1.807, 2.05) is 11.9 Å². The van der Waals surface area contributed by atoms with Gasteiger partial charge < -0.3 is 10.0 Å². The van der Waals surface area contributed by atoms with Crippen molar-refractivity contribution >= 4 is 11.9 Å². The van der Waals surface area contributed by atoms with E-state index in [2.05, 4.69) is 5.10 Å². The number of amides is 1. The van der Waals surface area contributed by atoms with Crippen LogP contribution >= 0.6 is 0 Å². The minimum atomic E-state index is -0.708. The summed E-state index contributed by atoms with van der Waals surface area (Å²) in [4.78, 5) is 25.8. The van der Waals surface area contributed by atoms with Crippen molar-refractivity contribution in [2.24, 2.45) is 24.8 Å². The van der Waals surface area contributed by atoms with Crippen LogP contribution in [-0.2, 0) is 24.7 Å². The third-order valence-corrected chi connectivity index (χ3v) is 5.34. The van der Waals surface area contributed by atoms with Gasteiger partial charge in [-0.1, -0.05) is 0 Å². The standard InChI is InChI=1S/C15H19N3O3/c1-17-13(9-3-2-4-11(9)16-17)14(19)18-6-5-8-10(7-18)12(8)15(20)21/h8,10,12H,2-7H2,1H3,(H,20,21)/t8-,10+,12-/m0/s1. The van der Waals surface area contributed by atoms with Gasteiger partial charge in [-0.05, 0) is 37.5 Å². The normalized spacial score (nSPS) is 30.0. The summed E-state index contributed by atoms with van der Waals surface area (Å²) in [6.45, 7) is 1.25. The molecule has 1 aliphatic heterocycles. The zero-order chi connectivity index (χ0) is 14.7. The Bertz CT molecular complexity index is 636. The van der Waals surface area contributed by atoms with E-state index in [9.17, 15) is 9.59 Å². The van der Waals surface area contributed by atoms with Crippen LogP contribution in [0.2, 0.25) is 0 Å². The van der Waals surface area contributed by atoms with E-state index in [0.29, 0.717) is 18.8 Å². The summed E-state index contributed by atoms with van der Waals surface area (Å²) in [5, 5.41) is 13.6. The molecule has 2 aliphatic carbocycles. The van der Waals surface area contributed by atoms with Gasteiger partial charge in [-0.15, -0.1) is 0 Å². The zero-order valence-electron chi connectivity index (χ0n) is 12.1. The number of nitrogens with zero attached hydrogens (tertiary/aromatic N) is 3. The number of hydrogen-bond donors (Lipinski definition) is 1. The van der Waals surface area contributed by atoms with E-state index in [4.69, 9.17) is 5.11 Å². The molecule has 1 N–H and O–H groups in total. The van der Waals surface area contributed by atoms with Gasteiger partial charge in [-0.2, -0.15) is 5.10 Å². The number of aliphatic carboxylic acids is 1. The van der Waals surface area contributed by atoms with Crippen molar-refractivity contribution in [3.8, 4) is 0 Å². The van der Waals surface area contributed by atoms with Gasteiger partial charge in [0.15, 0.2) is 0 Å². The highest BCUT2D eigenvalue weighted by Gasteiger charge is 2.57. The summed E-state index contributed by atoms with van der Waals surface area (Å²) in [6, 6.07) is 0. The molecule has 0 bridgehead atoms. The maximum atomic E-state index is 12.8. The molecule has 6 nitrogen and oxygen atoms in total. The van der Waals surface area contributed by atoms with E-state index >= 15 is 0 Å². The molecule has 3 atom stereocenters. The smallest absolute Gasteiger partial charge is 0.307 e. The maximum absolute atomic E-state index is 12.8. The average molecular weight is 289 g/mol. The van der Waals surface area contributed by atoms with Crippen LogP contribution < -0.4 is 0 Å². The fourth-order valence-corrected chi connectivity index (χ4v) is 4.23. The van der Waals surface area contributed by atoms with Crippen LogP contribution in [0.4, 0.5) is 0 Å². The lowest BCUT2D eigenvalue weighted by molar-refractivity contribution is -0.139. The van der Waals surface area contributed by atoms with E-state index < -0.39 is 5.97 Å². The number of carboxylic acids is 1. The number of carboxylic acid groups (broad SMARTS) is 1. The third-order valence-electron chi connectivity index (χ3n) is 5.34. The number of carbonyl (C=O) groups excluding carboxylic acids is 1. The summed E-state index contributed by atoms with van der Waals surface area (Å²) in [5.74, 6) is -0.478. The Kier molecular flexibility index (Phi) is 2.65. The van der Waals surface area contributed by atoms with Crippen molar-refractivity contribution in [3.05, 3.63) is 17.0 Å². The van der Waals surface area contributed by atoms with Crippen LogP contribution in [0.15, 0.2) is 0 Å². The van der Waals surface area contributed by atoms with E-state index in [1.165, 1.54) is 0 Å². The molecule has 2 fully saturated rings. The van der Waals surface area contributed by atoms with Gasteiger partial charge in [0.2, 0.25) is 0 Å². The summed E-state index contributed by atoms with van der Waals surface area (Å²) in [6.07, 6.45) is 3.78. The summed E-state index contributed by atoms with van der Waals surface area (Å²) in [7, 11) is 1.83. The maximum Gasteiger partial charge on any atom is 0.307 e. The van der Waals surface area contributed by atoms with Crippen LogP contribution in [0.25, 0.3) is 0 Å². The first kappa shape index (κ1) is 12.9. The molecule has 1 amide bonds. The van der Waals surface area contributed by atoms with Crippen molar-refractivity contribution in [2.75, 3.05) is 13.1 Å². The Morgan fingerprint density at radius 2 is 2.10 bits per heavy atom. The molecular weight excluding hydrogens is 270 g/mol. The number of likely N-dealkylation sites (tertiary alicyclic amines) is 1. The molecule has 0 radical (unpaired) electrons. The first-order chi connectivity index (χ1) is 10.1. The fraction of sp³-hybridized carbons (Fsp3) is 0.667. The molecule has 1 saturated heterocycles. The van der Waals surface area contributed by atoms with Crippen molar-refractivity contribution in [3.63, 3.8) is 0 Å². The molecule has 3 aliphatic rings. The molecule has 1 aromatic rings. The molecular formula is C15H19N3O3. The van der Waals surface area contributed by atoms with Gasteiger partial charge in [0.05, 0.1) is 11.6 Å². The molecule has 1 aromatic heterocycles. The number of carbonyl (C=O) groups is 2. The lowest BCUT2D eigenvalue weighted by Gasteiger charge is -2.26. The first-order valence-corrected chi connectivity index (χ1v) is 7.64. The van der Waals surface area contributed by atoms with Crippen LogP contribution in [-0.4, -0.2) is 44.8 Å². The third kappa shape index (κ3) is 1.81. The molecule has 0 aromatic carbocycles. The monoisotopic (exact) mass is 289 g/mol. The van der Waals surface area contributed by atoms with Gasteiger partial charge in [0.1, 0.15) is 5.69 Å². The second-order valence-electron chi connectivity index (χ2n) is 6.48. The lowest BCUT2D eigenvalue weighted by Crippen LogP contribution is -2.38. The summed E-state index contributed by atoms with van der Waals surface area (Å²) < 4.78 is 1.71. The Hall–Kier alpha value is -1.85. The number of fused-ring (bicyclic) bond motifs is 2. The highest BCUT2D eigenvalue weighted by molar-refractivity contribution is 5.94. The molecule has 1 saturated carbocycles. The molecule has 6 heteroatoms. The number of hydrogen-bond acceptors (Lipinski definition) is 3. The summed E-state index contributed by atoms with van der Waals surface area (Å²) in [5.41, 5.74) is 2.88. The van der Waals surface area contributed by atoms with Gasteiger partial charge in [0.25, 0.3) is 5.91 Å². The Morgan fingerprint density at radius 1 is 1.29 bits per heavy atom. The fourth-order valence-electron chi connectivity index (χ4n) is 4.23. The number of aromatic nitrogens is 2. The van der Waals surface area contributed by atoms with Crippen molar-refractivity contribution in [2.45, 2.75) is 25.7 Å². The minimum Gasteiger partial charge on any atom is -0.481 e. The Balaban J connectivity index is 1.55. The topological polar surface area (TPSA) is 75.4 Å². The average Bonchev–Trinajstić information content (AvgIpc) is 2.86. The second-order valence-corrected chi connectivity index (χ2v) is 6.48. The molecule has 0 spiro atoms. The van der Waals surface area contributed by atoms with E-state index in [0.717, 1.165) is 36.9 Å². The molecule has 2 heterocycles. The molecule has 21 heavy (non-hydrogen) atoms. The number of rotatable bonds is 2. The van der Waals surface area contributed by atoms with Gasteiger partial charge in [-0.25, -0.2) is 0 Å². The van der Waals surface area contributed by atoms with Gasteiger partial charge in [0, 0.05) is 25.7 Å². The van der Waals surface area contributed by atoms with Gasteiger partial charge >= 0.3 is 5.97 Å². The largest absolute Gasteiger partial charge is 0.481 e. The zero-order valence-corrected chi connectivity index (χ0v) is 12.1. The quantitative estimate of drug-likeness (QED) is 0.869. The minimum absolute atomic E-state index is 0.0302. The molecule has 4 rings (SSSR count). The van der Waals surface area contributed by atoms with Gasteiger partial charge in [-0.3, -0.25) is 14.3 Å². The van der Waals surface area contributed by atoms with Crippen molar-refractivity contribution in [1.29, 1.82) is 0 Å². The van der Waals surface area contributed by atoms with E-state index in [-0.39, 0.29) is 23.7 Å². The van der Waals surface area contributed by atoms with Crippen molar-refractivity contribution < 1.29 is 14.7 Å². The van der Waals surface area contributed by atoms with Crippen LogP contribution in [0.1, 0.15) is 34.6 Å². The lowest BCUT2D eigenvalue weighted by atomic mass is 10.1. The van der Waals surface area contributed by atoms with E-state index in [1.54, 1.807) is 4.68 Å². The van der Waals surface area contributed by atoms with Crippen LogP contribution in [0.3, 0.4) is 0 Å². The SMILES string of the molecule is Cn1nc2c(c1C(=O)N1CC[C@H]3[C@@H](C1)[C@H]3C(=O)O)CCC2. The predicted molar refractivity (Wildman–Crippen MR) is 73.9 cm³/mol. The van der Waals surface area contributed by atoms with Crippen LogP contribution in [0.5, 0.6) is 0 Å². The molecule has 112 valence electrons.